The van der Waals surface area contributed by atoms with Crippen LogP contribution in [0.5, 0.6) is 0 Å². The van der Waals surface area contributed by atoms with E-state index >= 15 is 0 Å². The van der Waals surface area contributed by atoms with E-state index in [-0.39, 0.29) is 35.5 Å². The second kappa shape index (κ2) is 7.25. The second-order valence-electron chi connectivity index (χ2n) is 9.63. The van der Waals surface area contributed by atoms with Crippen LogP contribution in [0.15, 0.2) is 11.6 Å². The Labute approximate surface area is 168 Å². The molecule has 0 aliphatic heterocycles. The Morgan fingerprint density at radius 2 is 1.86 bits per heavy atom. The first-order chi connectivity index (χ1) is 13.3. The molecule has 28 heavy (non-hydrogen) atoms. The predicted octanol–water partition coefficient (Wildman–Crippen LogP) is 4.28. The van der Waals surface area contributed by atoms with Gasteiger partial charge < -0.3 is 9.47 Å². The molecule has 4 aliphatic rings. The maximum atomic E-state index is 11.7. The van der Waals surface area contributed by atoms with Crippen molar-refractivity contribution in [3.05, 3.63) is 11.6 Å². The highest BCUT2D eigenvalue weighted by atomic mass is 16.5. The average molecular weight is 385 g/mol. The molecule has 3 saturated carbocycles. The fraction of sp³-hybridized carbons (Fsp3) is 0.750. The van der Waals surface area contributed by atoms with Crippen molar-refractivity contribution >= 4 is 11.9 Å². The van der Waals surface area contributed by atoms with Gasteiger partial charge in [-0.2, -0.15) is 0 Å². The number of hydrogen-bond acceptors (Lipinski definition) is 4. The molecule has 4 rings (SSSR count). The normalized spacial score (nSPS) is 44.2. The molecule has 0 unspecified atom stereocenters. The molecule has 0 amide bonds. The first kappa shape index (κ1) is 19.6. The van der Waals surface area contributed by atoms with E-state index in [0.717, 1.165) is 32.1 Å². The quantitative estimate of drug-likeness (QED) is 0.405. The van der Waals surface area contributed by atoms with E-state index < -0.39 is 0 Å². The van der Waals surface area contributed by atoms with E-state index in [4.69, 9.17) is 15.9 Å². The van der Waals surface area contributed by atoms with Crippen LogP contribution in [0.2, 0.25) is 0 Å². The third-order valence-electron chi connectivity index (χ3n) is 8.20. The zero-order chi connectivity index (χ0) is 20.1. The fourth-order valence-corrected chi connectivity index (χ4v) is 7.16. The molecule has 0 spiro atoms. The van der Waals surface area contributed by atoms with Gasteiger partial charge in [-0.05, 0) is 74.7 Å². The van der Waals surface area contributed by atoms with Crippen LogP contribution >= 0.6 is 0 Å². The zero-order valence-corrected chi connectivity index (χ0v) is 17.3. The summed E-state index contributed by atoms with van der Waals surface area (Å²) in [7, 11) is 0. The van der Waals surface area contributed by atoms with E-state index in [1.807, 2.05) is 0 Å². The largest absolute Gasteiger partial charge is 0.461 e. The highest BCUT2D eigenvalue weighted by Gasteiger charge is 2.60. The van der Waals surface area contributed by atoms with Gasteiger partial charge in [-0.15, -0.1) is 6.42 Å². The molecular weight excluding hydrogens is 352 g/mol. The van der Waals surface area contributed by atoms with Crippen LogP contribution in [0.25, 0.3) is 0 Å². The van der Waals surface area contributed by atoms with Gasteiger partial charge in [0.15, 0.2) is 0 Å². The molecule has 0 aromatic carbocycles. The Hall–Kier alpha value is -1.76. The van der Waals surface area contributed by atoms with Gasteiger partial charge >= 0.3 is 11.9 Å². The van der Waals surface area contributed by atoms with Crippen molar-refractivity contribution in [1.82, 2.24) is 0 Å². The highest BCUT2D eigenvalue weighted by Crippen LogP contribution is 2.63. The van der Waals surface area contributed by atoms with Crippen molar-refractivity contribution in [2.24, 2.45) is 35.0 Å². The number of terminal acetylenes is 1. The standard InChI is InChI=1S/C24H32O4/c1-5-16-13-22-21-8-6-17-12-18(27-14(2)25)7-9-19(17)20(21)10-11-24(22,4)23(16)28-15(3)26/h1,12,16,18-23H,6-11,13H2,2-4H3/t16-,18+,19-,20-,21-,22-,23+,24+/m1/s1. The van der Waals surface area contributed by atoms with Gasteiger partial charge in [0.25, 0.3) is 0 Å². The lowest BCUT2D eigenvalue weighted by atomic mass is 9.52. The number of carbonyl (C=O) groups is 2. The number of ether oxygens (including phenoxy) is 2. The van der Waals surface area contributed by atoms with Gasteiger partial charge in [-0.25, -0.2) is 0 Å². The molecule has 3 fully saturated rings. The Morgan fingerprint density at radius 3 is 2.54 bits per heavy atom. The number of rotatable bonds is 2. The first-order valence-corrected chi connectivity index (χ1v) is 10.8. The van der Waals surface area contributed by atoms with Crippen LogP contribution in [0.4, 0.5) is 0 Å². The summed E-state index contributed by atoms with van der Waals surface area (Å²) < 4.78 is 11.2. The highest BCUT2D eigenvalue weighted by molar-refractivity contribution is 5.66. The summed E-state index contributed by atoms with van der Waals surface area (Å²) in [5.74, 6) is 5.06. The first-order valence-electron chi connectivity index (χ1n) is 10.8. The molecule has 0 radical (unpaired) electrons. The third-order valence-corrected chi connectivity index (χ3v) is 8.20. The van der Waals surface area contributed by atoms with E-state index in [0.29, 0.717) is 23.7 Å². The molecule has 4 aliphatic carbocycles. The SMILES string of the molecule is C#C[C@@H]1C[C@@H]2[C@@H]3CCC4=C[C@@H](OC(C)=O)CC[C@H]4[C@H]3CC[C@]2(C)[C@H]1OC(C)=O. The maximum absolute atomic E-state index is 11.7. The van der Waals surface area contributed by atoms with Crippen LogP contribution in [0.3, 0.4) is 0 Å². The smallest absolute Gasteiger partial charge is 0.303 e. The number of hydrogen-bond donors (Lipinski definition) is 0. The molecule has 0 bridgehead atoms. The van der Waals surface area contributed by atoms with Gasteiger partial charge in [0.05, 0.1) is 5.92 Å². The molecular formula is C24H32O4. The third kappa shape index (κ3) is 3.17. The van der Waals surface area contributed by atoms with Crippen molar-refractivity contribution in [2.45, 2.75) is 77.9 Å². The molecule has 4 heteroatoms. The minimum absolute atomic E-state index is 0.0000337. The molecule has 0 saturated heterocycles. The molecule has 0 aromatic rings. The molecule has 0 aromatic heterocycles. The number of allylic oxidation sites excluding steroid dienone is 1. The number of fused-ring (bicyclic) bond motifs is 5. The van der Waals surface area contributed by atoms with E-state index in [1.165, 1.54) is 32.3 Å². The minimum Gasteiger partial charge on any atom is -0.461 e. The van der Waals surface area contributed by atoms with Gasteiger partial charge in [0, 0.05) is 19.3 Å². The molecule has 4 nitrogen and oxygen atoms in total. The van der Waals surface area contributed by atoms with Crippen LogP contribution in [-0.4, -0.2) is 24.1 Å². The molecule has 0 heterocycles. The Morgan fingerprint density at radius 1 is 1.11 bits per heavy atom. The van der Waals surface area contributed by atoms with E-state index in [2.05, 4.69) is 18.9 Å². The summed E-state index contributed by atoms with van der Waals surface area (Å²) in [5.41, 5.74) is 1.51. The lowest BCUT2D eigenvalue weighted by Crippen LogP contribution is -2.48. The summed E-state index contributed by atoms with van der Waals surface area (Å²) >= 11 is 0. The van der Waals surface area contributed by atoms with Crippen LogP contribution in [-0.2, 0) is 19.1 Å². The van der Waals surface area contributed by atoms with Crippen molar-refractivity contribution in [2.75, 3.05) is 0 Å². The summed E-state index contributed by atoms with van der Waals surface area (Å²) in [6.45, 7) is 5.29. The monoisotopic (exact) mass is 384 g/mol. The Kier molecular flexibility index (Phi) is 5.06. The maximum Gasteiger partial charge on any atom is 0.303 e. The summed E-state index contributed by atoms with van der Waals surface area (Å²) in [6, 6.07) is 0. The molecule has 152 valence electrons. The van der Waals surface area contributed by atoms with Crippen molar-refractivity contribution in [3.63, 3.8) is 0 Å². The van der Waals surface area contributed by atoms with Gasteiger partial charge in [-0.1, -0.05) is 18.4 Å². The zero-order valence-electron chi connectivity index (χ0n) is 17.3. The van der Waals surface area contributed by atoms with Gasteiger partial charge in [0.1, 0.15) is 12.2 Å². The summed E-state index contributed by atoms with van der Waals surface area (Å²) in [6.07, 6.45) is 15.4. The fourth-order valence-electron chi connectivity index (χ4n) is 7.16. The number of carbonyl (C=O) groups excluding carboxylic acids is 2. The van der Waals surface area contributed by atoms with Crippen molar-refractivity contribution in [1.29, 1.82) is 0 Å². The van der Waals surface area contributed by atoms with Crippen molar-refractivity contribution in [3.8, 4) is 12.3 Å². The molecule has 8 atom stereocenters. The van der Waals surface area contributed by atoms with E-state index in [1.54, 1.807) is 0 Å². The van der Waals surface area contributed by atoms with Gasteiger partial charge in [-0.3, -0.25) is 9.59 Å². The van der Waals surface area contributed by atoms with E-state index in [9.17, 15) is 9.59 Å². The topological polar surface area (TPSA) is 52.6 Å². The van der Waals surface area contributed by atoms with Crippen molar-refractivity contribution < 1.29 is 19.1 Å². The van der Waals surface area contributed by atoms with Gasteiger partial charge in [0.2, 0.25) is 0 Å². The lowest BCUT2D eigenvalue weighted by molar-refractivity contribution is -0.157. The Balaban J connectivity index is 1.55. The molecule has 0 N–H and O–H groups in total. The Bertz CT molecular complexity index is 731. The average Bonchev–Trinajstić information content (AvgIpc) is 2.92. The second-order valence-corrected chi connectivity index (χ2v) is 9.63. The summed E-state index contributed by atoms with van der Waals surface area (Å²) in [4.78, 5) is 23.0. The number of esters is 2. The minimum atomic E-state index is -0.216. The lowest BCUT2D eigenvalue weighted by Gasteiger charge is -2.53. The van der Waals surface area contributed by atoms with Crippen LogP contribution < -0.4 is 0 Å². The van der Waals surface area contributed by atoms with Crippen LogP contribution in [0.1, 0.15) is 65.7 Å². The summed E-state index contributed by atoms with van der Waals surface area (Å²) in [5, 5.41) is 0. The predicted molar refractivity (Wildman–Crippen MR) is 106 cm³/mol. The van der Waals surface area contributed by atoms with Crippen LogP contribution in [0, 0.1) is 47.3 Å².